The van der Waals surface area contributed by atoms with Crippen molar-refractivity contribution in [2.45, 2.75) is 20.3 Å². The molecule has 1 amide bonds. The summed E-state index contributed by atoms with van der Waals surface area (Å²) in [7, 11) is 1.65. The van der Waals surface area contributed by atoms with Crippen molar-refractivity contribution in [1.82, 2.24) is 15.1 Å². The molecule has 1 aromatic heterocycles. The molecule has 3 aromatic rings. The maximum atomic E-state index is 12.4. The molecule has 0 bridgehead atoms. The van der Waals surface area contributed by atoms with Gasteiger partial charge in [0.1, 0.15) is 5.75 Å². The molecule has 0 aliphatic rings. The molecule has 0 fully saturated rings. The normalized spacial score (nSPS) is 10.7. The number of amides is 1. The fourth-order valence-electron chi connectivity index (χ4n) is 2.95. The predicted octanol–water partition coefficient (Wildman–Crippen LogP) is 4.23. The van der Waals surface area contributed by atoms with Crippen LogP contribution in [-0.2, 0) is 6.42 Å². The zero-order valence-corrected chi connectivity index (χ0v) is 17.2. The summed E-state index contributed by atoms with van der Waals surface area (Å²) in [5.41, 5.74) is 4.59. The van der Waals surface area contributed by atoms with Gasteiger partial charge in [0.05, 0.1) is 28.7 Å². The summed E-state index contributed by atoms with van der Waals surface area (Å²) in [4.78, 5) is 12.4. The van der Waals surface area contributed by atoms with E-state index in [-0.39, 0.29) is 5.91 Å². The fraction of sp³-hybridized carbons (Fsp3) is 0.238. The van der Waals surface area contributed by atoms with Crippen LogP contribution < -0.4 is 10.1 Å². The second kappa shape index (κ2) is 8.39. The Morgan fingerprint density at radius 2 is 1.85 bits per heavy atom. The number of hydrogen-bond donors (Lipinski definition) is 1. The first kappa shape index (κ1) is 19.2. The van der Waals surface area contributed by atoms with Crippen molar-refractivity contribution in [2.24, 2.45) is 0 Å². The molecular formula is C21H22BrN3O2. The van der Waals surface area contributed by atoms with Crippen LogP contribution in [0.2, 0.25) is 0 Å². The third-order valence-corrected chi connectivity index (χ3v) is 5.60. The number of aryl methyl sites for hydroxylation is 1. The van der Waals surface area contributed by atoms with E-state index in [1.54, 1.807) is 7.11 Å². The lowest BCUT2D eigenvalue weighted by atomic mass is 10.1. The average molecular weight is 428 g/mol. The molecule has 0 unspecified atom stereocenters. The van der Waals surface area contributed by atoms with Crippen LogP contribution in [0.1, 0.15) is 27.3 Å². The van der Waals surface area contributed by atoms with E-state index in [0.717, 1.165) is 32.9 Å². The van der Waals surface area contributed by atoms with Gasteiger partial charge < -0.3 is 10.1 Å². The van der Waals surface area contributed by atoms with Crippen molar-refractivity contribution < 1.29 is 9.53 Å². The molecule has 140 valence electrons. The average Bonchev–Trinajstić information content (AvgIpc) is 2.95. The number of nitrogens with zero attached hydrogens (tertiary/aromatic N) is 2. The number of carbonyl (C=O) groups excluding carboxylic acids is 1. The van der Waals surface area contributed by atoms with Crippen LogP contribution >= 0.6 is 15.9 Å². The maximum Gasteiger partial charge on any atom is 0.251 e. The molecule has 0 saturated carbocycles. The number of rotatable bonds is 6. The number of methoxy groups -OCH3 is 1. The van der Waals surface area contributed by atoms with E-state index in [2.05, 4.69) is 26.3 Å². The van der Waals surface area contributed by atoms with Crippen molar-refractivity contribution >= 4 is 21.8 Å². The van der Waals surface area contributed by atoms with Gasteiger partial charge in [0, 0.05) is 12.1 Å². The van der Waals surface area contributed by atoms with Crippen LogP contribution in [0.3, 0.4) is 0 Å². The number of hydrogen-bond acceptors (Lipinski definition) is 3. The summed E-state index contributed by atoms with van der Waals surface area (Å²) in [6.07, 6.45) is 0.716. The number of carbonyl (C=O) groups is 1. The van der Waals surface area contributed by atoms with Crippen LogP contribution in [0.5, 0.6) is 5.75 Å². The molecule has 1 heterocycles. The van der Waals surface area contributed by atoms with Gasteiger partial charge in [-0.3, -0.25) is 4.79 Å². The lowest BCUT2D eigenvalue weighted by Crippen LogP contribution is -2.25. The molecular weight excluding hydrogens is 406 g/mol. The maximum absolute atomic E-state index is 12.4. The molecule has 0 saturated heterocycles. The number of ether oxygens (including phenoxy) is 1. The van der Waals surface area contributed by atoms with Crippen molar-refractivity contribution in [2.75, 3.05) is 13.7 Å². The van der Waals surface area contributed by atoms with Gasteiger partial charge in [0.2, 0.25) is 0 Å². The Morgan fingerprint density at radius 3 is 2.48 bits per heavy atom. The smallest absolute Gasteiger partial charge is 0.251 e. The summed E-state index contributed by atoms with van der Waals surface area (Å²) in [6, 6.07) is 15.3. The molecule has 6 heteroatoms. The van der Waals surface area contributed by atoms with E-state index >= 15 is 0 Å². The van der Waals surface area contributed by atoms with Crippen LogP contribution in [0.4, 0.5) is 0 Å². The number of para-hydroxylation sites is 1. The Bertz CT molecular complexity index is 949. The Balaban J connectivity index is 1.63. The molecule has 0 atom stereocenters. The van der Waals surface area contributed by atoms with Crippen molar-refractivity contribution in [1.29, 1.82) is 0 Å². The second-order valence-electron chi connectivity index (χ2n) is 6.26. The zero-order chi connectivity index (χ0) is 19.4. The molecule has 0 aliphatic heterocycles. The van der Waals surface area contributed by atoms with Crippen LogP contribution in [0.15, 0.2) is 53.0 Å². The monoisotopic (exact) mass is 427 g/mol. The van der Waals surface area contributed by atoms with Gasteiger partial charge in [-0.05, 0) is 72.1 Å². The first-order valence-corrected chi connectivity index (χ1v) is 9.53. The minimum Gasteiger partial charge on any atom is -0.496 e. The van der Waals surface area contributed by atoms with Crippen LogP contribution in [0, 0.1) is 13.8 Å². The SMILES string of the molecule is COc1ccccc1CCNC(=O)c1ccc(-n2nc(C)c(Br)c2C)cc1. The van der Waals surface area contributed by atoms with Crippen molar-refractivity contribution in [3.05, 3.63) is 75.5 Å². The highest BCUT2D eigenvalue weighted by atomic mass is 79.9. The standard InChI is InChI=1S/C21H22BrN3O2/c1-14-20(22)15(2)25(24-14)18-10-8-17(9-11-18)21(26)23-13-12-16-6-4-5-7-19(16)27-3/h4-11H,12-13H2,1-3H3,(H,23,26). The Hall–Kier alpha value is -2.60. The Kier molecular flexibility index (Phi) is 5.96. The first-order valence-electron chi connectivity index (χ1n) is 8.73. The van der Waals surface area contributed by atoms with Gasteiger partial charge in [-0.15, -0.1) is 0 Å². The topological polar surface area (TPSA) is 56.1 Å². The van der Waals surface area contributed by atoms with E-state index in [0.29, 0.717) is 18.5 Å². The third kappa shape index (κ3) is 4.22. The molecule has 1 N–H and O–H groups in total. The van der Waals surface area contributed by atoms with Gasteiger partial charge in [0.25, 0.3) is 5.91 Å². The highest BCUT2D eigenvalue weighted by Crippen LogP contribution is 2.23. The van der Waals surface area contributed by atoms with Gasteiger partial charge in [-0.1, -0.05) is 18.2 Å². The largest absolute Gasteiger partial charge is 0.496 e. The minimum absolute atomic E-state index is 0.0917. The summed E-state index contributed by atoms with van der Waals surface area (Å²) in [6.45, 7) is 4.51. The number of benzene rings is 2. The Morgan fingerprint density at radius 1 is 1.15 bits per heavy atom. The minimum atomic E-state index is -0.0917. The number of nitrogens with one attached hydrogen (secondary N) is 1. The number of halogens is 1. The van der Waals surface area contributed by atoms with E-state index in [1.165, 1.54) is 0 Å². The molecule has 0 spiro atoms. The summed E-state index contributed by atoms with van der Waals surface area (Å²) in [5.74, 6) is 0.748. The summed E-state index contributed by atoms with van der Waals surface area (Å²) >= 11 is 3.54. The van der Waals surface area contributed by atoms with Crippen LogP contribution in [0.25, 0.3) is 5.69 Å². The van der Waals surface area contributed by atoms with Crippen molar-refractivity contribution in [3.63, 3.8) is 0 Å². The van der Waals surface area contributed by atoms with Crippen molar-refractivity contribution in [3.8, 4) is 11.4 Å². The fourth-order valence-corrected chi connectivity index (χ4v) is 3.20. The van der Waals surface area contributed by atoms with Gasteiger partial charge in [-0.25, -0.2) is 4.68 Å². The van der Waals surface area contributed by atoms with E-state index in [4.69, 9.17) is 4.74 Å². The summed E-state index contributed by atoms with van der Waals surface area (Å²) in [5, 5.41) is 7.47. The zero-order valence-electron chi connectivity index (χ0n) is 15.6. The molecule has 0 radical (unpaired) electrons. The first-order chi connectivity index (χ1) is 13.0. The second-order valence-corrected chi connectivity index (χ2v) is 7.05. The van der Waals surface area contributed by atoms with Gasteiger partial charge in [-0.2, -0.15) is 5.10 Å². The Labute approximate surface area is 167 Å². The molecule has 27 heavy (non-hydrogen) atoms. The lowest BCUT2D eigenvalue weighted by Gasteiger charge is -2.10. The lowest BCUT2D eigenvalue weighted by molar-refractivity contribution is 0.0954. The molecule has 5 nitrogen and oxygen atoms in total. The van der Waals surface area contributed by atoms with Crippen LogP contribution in [-0.4, -0.2) is 29.3 Å². The predicted molar refractivity (Wildman–Crippen MR) is 110 cm³/mol. The molecule has 2 aromatic carbocycles. The van der Waals surface area contributed by atoms with Gasteiger partial charge >= 0.3 is 0 Å². The van der Waals surface area contributed by atoms with E-state index < -0.39 is 0 Å². The number of aromatic nitrogens is 2. The molecule has 3 rings (SSSR count). The highest BCUT2D eigenvalue weighted by molar-refractivity contribution is 9.10. The van der Waals surface area contributed by atoms with Gasteiger partial charge in [0.15, 0.2) is 0 Å². The summed E-state index contributed by atoms with van der Waals surface area (Å²) < 4.78 is 8.20. The highest BCUT2D eigenvalue weighted by Gasteiger charge is 2.11. The van der Waals surface area contributed by atoms with E-state index in [9.17, 15) is 4.79 Å². The quantitative estimate of drug-likeness (QED) is 0.639. The third-order valence-electron chi connectivity index (χ3n) is 4.45. The molecule has 0 aliphatic carbocycles. The van der Waals surface area contributed by atoms with E-state index in [1.807, 2.05) is 67.1 Å².